The van der Waals surface area contributed by atoms with Crippen LogP contribution in [-0.4, -0.2) is 31.9 Å². The lowest BCUT2D eigenvalue weighted by molar-refractivity contribution is -0.118. The van der Waals surface area contributed by atoms with E-state index in [0.717, 1.165) is 17.3 Å². The minimum atomic E-state index is 0.0301. The molecule has 0 aliphatic carbocycles. The fourth-order valence-electron chi connectivity index (χ4n) is 2.41. The first-order chi connectivity index (χ1) is 12.1. The summed E-state index contributed by atoms with van der Waals surface area (Å²) >= 11 is 1.59. The van der Waals surface area contributed by atoms with Crippen LogP contribution in [0.15, 0.2) is 42.5 Å². The van der Waals surface area contributed by atoms with Crippen molar-refractivity contribution in [1.82, 2.24) is 5.32 Å². The van der Waals surface area contributed by atoms with E-state index in [2.05, 4.69) is 11.4 Å². The third-order valence-electron chi connectivity index (χ3n) is 3.55. The Morgan fingerprint density at radius 2 is 1.72 bits per heavy atom. The Balaban J connectivity index is 1.60. The van der Waals surface area contributed by atoms with Gasteiger partial charge in [0.25, 0.3) is 0 Å². The largest absolute Gasteiger partial charge is 0.497 e. The van der Waals surface area contributed by atoms with E-state index >= 15 is 0 Å². The van der Waals surface area contributed by atoms with Crippen LogP contribution in [0.3, 0.4) is 0 Å². The molecule has 134 valence electrons. The van der Waals surface area contributed by atoms with Gasteiger partial charge in [-0.15, -0.1) is 11.8 Å². The van der Waals surface area contributed by atoms with Gasteiger partial charge < -0.3 is 14.8 Å². The van der Waals surface area contributed by atoms with Crippen LogP contribution in [-0.2, 0) is 10.5 Å². The molecule has 0 aliphatic heterocycles. The molecule has 1 amide bonds. The van der Waals surface area contributed by atoms with E-state index in [-0.39, 0.29) is 5.91 Å². The third-order valence-corrected chi connectivity index (χ3v) is 4.55. The molecule has 4 nitrogen and oxygen atoms in total. The maximum absolute atomic E-state index is 11.8. The van der Waals surface area contributed by atoms with Gasteiger partial charge in [0.2, 0.25) is 5.91 Å². The van der Waals surface area contributed by atoms with Crippen molar-refractivity contribution < 1.29 is 14.3 Å². The molecule has 2 aromatic rings. The Kier molecular flexibility index (Phi) is 7.67. The fraction of sp³-hybridized carbons (Fsp3) is 0.350. The van der Waals surface area contributed by atoms with Gasteiger partial charge in [0, 0.05) is 5.75 Å². The number of methoxy groups -OCH3 is 1. The van der Waals surface area contributed by atoms with Crippen LogP contribution in [0.1, 0.15) is 16.7 Å². The maximum atomic E-state index is 11.8. The third kappa shape index (κ3) is 7.10. The van der Waals surface area contributed by atoms with Crippen molar-refractivity contribution in [1.29, 1.82) is 0 Å². The van der Waals surface area contributed by atoms with Gasteiger partial charge in [0.05, 0.1) is 19.4 Å². The molecule has 2 rings (SSSR count). The van der Waals surface area contributed by atoms with Crippen LogP contribution in [0.25, 0.3) is 0 Å². The van der Waals surface area contributed by atoms with E-state index < -0.39 is 0 Å². The van der Waals surface area contributed by atoms with Gasteiger partial charge >= 0.3 is 0 Å². The summed E-state index contributed by atoms with van der Waals surface area (Å²) in [6.45, 7) is 5.07. The molecule has 1 N–H and O–H groups in total. The van der Waals surface area contributed by atoms with Gasteiger partial charge in [-0.05, 0) is 54.8 Å². The van der Waals surface area contributed by atoms with Crippen molar-refractivity contribution in [2.24, 2.45) is 0 Å². The van der Waals surface area contributed by atoms with Crippen molar-refractivity contribution in [3.63, 3.8) is 0 Å². The van der Waals surface area contributed by atoms with Crippen LogP contribution >= 0.6 is 11.8 Å². The second-order valence-electron chi connectivity index (χ2n) is 5.86. The Hall–Kier alpha value is -2.14. The number of carbonyl (C=O) groups excluding carboxylic acids is 1. The molecule has 25 heavy (non-hydrogen) atoms. The Morgan fingerprint density at radius 1 is 1.04 bits per heavy atom. The molecular formula is C20H25NO3S. The van der Waals surface area contributed by atoms with E-state index in [0.29, 0.717) is 18.9 Å². The van der Waals surface area contributed by atoms with Gasteiger partial charge in [0.1, 0.15) is 18.1 Å². The highest BCUT2D eigenvalue weighted by atomic mass is 32.2. The first-order valence-corrected chi connectivity index (χ1v) is 9.41. The van der Waals surface area contributed by atoms with Gasteiger partial charge in [-0.3, -0.25) is 4.79 Å². The van der Waals surface area contributed by atoms with Crippen LogP contribution in [0.4, 0.5) is 0 Å². The molecule has 5 heteroatoms. The van der Waals surface area contributed by atoms with E-state index in [1.54, 1.807) is 18.9 Å². The highest BCUT2D eigenvalue weighted by Gasteiger charge is 2.03. The summed E-state index contributed by atoms with van der Waals surface area (Å²) in [5.74, 6) is 2.96. The number of ether oxygens (including phenoxy) is 2. The lowest BCUT2D eigenvalue weighted by Crippen LogP contribution is -2.29. The van der Waals surface area contributed by atoms with E-state index in [1.807, 2.05) is 50.2 Å². The summed E-state index contributed by atoms with van der Waals surface area (Å²) in [5, 5.41) is 2.88. The fourth-order valence-corrected chi connectivity index (χ4v) is 3.23. The maximum Gasteiger partial charge on any atom is 0.230 e. The van der Waals surface area contributed by atoms with Gasteiger partial charge in [-0.2, -0.15) is 0 Å². The van der Waals surface area contributed by atoms with E-state index in [1.165, 1.54) is 16.7 Å². The van der Waals surface area contributed by atoms with Crippen molar-refractivity contribution in [2.45, 2.75) is 19.6 Å². The number of thioether (sulfide) groups is 1. The van der Waals surface area contributed by atoms with Crippen molar-refractivity contribution in [3.8, 4) is 11.5 Å². The predicted octanol–water partition coefficient (Wildman–Crippen LogP) is 3.74. The Bertz CT molecular complexity index is 666. The molecule has 0 saturated carbocycles. The number of rotatable bonds is 9. The number of aryl methyl sites for hydroxylation is 2. The molecule has 0 unspecified atom stereocenters. The Labute approximate surface area is 153 Å². The minimum absolute atomic E-state index is 0.0301. The molecular weight excluding hydrogens is 334 g/mol. The summed E-state index contributed by atoms with van der Waals surface area (Å²) < 4.78 is 10.8. The highest BCUT2D eigenvalue weighted by Crippen LogP contribution is 2.17. The minimum Gasteiger partial charge on any atom is -0.497 e. The SMILES string of the molecule is COc1ccc(CSCC(=O)NCCOc2cc(C)cc(C)c2)cc1. The molecule has 0 heterocycles. The standard InChI is InChI=1S/C20H25NO3S/c1-15-10-16(2)12-19(11-15)24-9-8-21-20(22)14-25-13-17-4-6-18(23-3)7-5-17/h4-7,10-12H,8-9,13-14H2,1-3H3,(H,21,22). The zero-order valence-electron chi connectivity index (χ0n) is 15.0. The lowest BCUT2D eigenvalue weighted by atomic mass is 10.1. The predicted molar refractivity (Wildman–Crippen MR) is 104 cm³/mol. The first kappa shape index (κ1) is 19.2. The topological polar surface area (TPSA) is 47.6 Å². The van der Waals surface area contributed by atoms with Crippen LogP contribution in [0.5, 0.6) is 11.5 Å². The van der Waals surface area contributed by atoms with Crippen molar-refractivity contribution >= 4 is 17.7 Å². The molecule has 0 radical (unpaired) electrons. The second-order valence-corrected chi connectivity index (χ2v) is 6.85. The zero-order chi connectivity index (χ0) is 18.1. The monoisotopic (exact) mass is 359 g/mol. The average molecular weight is 359 g/mol. The number of amides is 1. The van der Waals surface area contributed by atoms with Gasteiger partial charge in [-0.1, -0.05) is 18.2 Å². The summed E-state index contributed by atoms with van der Waals surface area (Å²) in [5.41, 5.74) is 3.53. The lowest BCUT2D eigenvalue weighted by Gasteiger charge is -2.09. The molecule has 0 saturated heterocycles. The Morgan fingerprint density at radius 3 is 2.36 bits per heavy atom. The number of benzene rings is 2. The molecule has 0 bridgehead atoms. The van der Waals surface area contributed by atoms with Crippen molar-refractivity contribution in [3.05, 3.63) is 59.2 Å². The molecule has 0 atom stereocenters. The second kappa shape index (κ2) is 9.99. The molecule has 0 spiro atoms. The van der Waals surface area contributed by atoms with E-state index in [4.69, 9.17) is 9.47 Å². The molecule has 0 aliphatic rings. The molecule has 2 aromatic carbocycles. The van der Waals surface area contributed by atoms with Crippen LogP contribution in [0.2, 0.25) is 0 Å². The number of hydrogen-bond donors (Lipinski definition) is 1. The van der Waals surface area contributed by atoms with E-state index in [9.17, 15) is 4.79 Å². The molecule has 0 fully saturated rings. The first-order valence-electron chi connectivity index (χ1n) is 8.25. The van der Waals surface area contributed by atoms with Gasteiger partial charge in [-0.25, -0.2) is 0 Å². The zero-order valence-corrected chi connectivity index (χ0v) is 15.8. The average Bonchev–Trinajstić information content (AvgIpc) is 2.58. The highest BCUT2D eigenvalue weighted by molar-refractivity contribution is 7.99. The quantitative estimate of drug-likeness (QED) is 0.693. The number of nitrogens with one attached hydrogen (secondary N) is 1. The summed E-state index contributed by atoms with van der Waals surface area (Å²) in [4.78, 5) is 11.8. The van der Waals surface area contributed by atoms with Crippen molar-refractivity contribution in [2.75, 3.05) is 26.0 Å². The summed E-state index contributed by atoms with van der Waals surface area (Å²) in [7, 11) is 1.65. The van der Waals surface area contributed by atoms with Gasteiger partial charge in [0.15, 0.2) is 0 Å². The normalized spacial score (nSPS) is 10.4. The molecule has 0 aromatic heterocycles. The smallest absolute Gasteiger partial charge is 0.230 e. The number of carbonyl (C=O) groups is 1. The van der Waals surface area contributed by atoms with Crippen LogP contribution in [0, 0.1) is 13.8 Å². The number of hydrogen-bond acceptors (Lipinski definition) is 4. The van der Waals surface area contributed by atoms with Crippen LogP contribution < -0.4 is 14.8 Å². The summed E-state index contributed by atoms with van der Waals surface area (Å²) in [6, 6.07) is 14.0. The summed E-state index contributed by atoms with van der Waals surface area (Å²) in [6.07, 6.45) is 0.